The molecular formula is C16H18N2. The number of hydrogen-bond donors (Lipinski definition) is 1. The summed E-state index contributed by atoms with van der Waals surface area (Å²) >= 11 is 0. The molecule has 2 saturated carbocycles. The van der Waals surface area contributed by atoms with Crippen molar-refractivity contribution < 1.29 is 0 Å². The van der Waals surface area contributed by atoms with Crippen molar-refractivity contribution in [2.75, 3.05) is 0 Å². The first-order valence-electron chi connectivity index (χ1n) is 6.95. The van der Waals surface area contributed by atoms with Crippen molar-refractivity contribution in [1.82, 2.24) is 4.98 Å². The van der Waals surface area contributed by atoms with Crippen molar-refractivity contribution in [3.8, 4) is 0 Å². The largest absolute Gasteiger partial charge is 0.324 e. The quantitative estimate of drug-likeness (QED) is 0.872. The van der Waals surface area contributed by atoms with E-state index in [4.69, 9.17) is 5.73 Å². The molecule has 3 unspecified atom stereocenters. The molecule has 2 fully saturated rings. The van der Waals surface area contributed by atoms with Gasteiger partial charge in [0.1, 0.15) is 0 Å². The van der Waals surface area contributed by atoms with E-state index >= 15 is 0 Å². The van der Waals surface area contributed by atoms with Crippen LogP contribution >= 0.6 is 0 Å². The number of aromatic nitrogens is 1. The molecule has 0 saturated heterocycles. The summed E-state index contributed by atoms with van der Waals surface area (Å²) in [5, 5.41) is 1.23. The molecule has 2 aliphatic rings. The molecule has 0 amide bonds. The molecule has 2 heteroatoms. The van der Waals surface area contributed by atoms with E-state index in [-0.39, 0.29) is 6.04 Å². The minimum atomic E-state index is 0.202. The lowest BCUT2D eigenvalue weighted by Crippen LogP contribution is -2.15. The average molecular weight is 238 g/mol. The lowest BCUT2D eigenvalue weighted by Gasteiger charge is -2.16. The van der Waals surface area contributed by atoms with E-state index in [9.17, 15) is 0 Å². The molecule has 0 radical (unpaired) electrons. The van der Waals surface area contributed by atoms with Gasteiger partial charge in [-0.3, -0.25) is 4.98 Å². The Morgan fingerprint density at radius 1 is 1.11 bits per heavy atom. The van der Waals surface area contributed by atoms with Crippen LogP contribution in [-0.4, -0.2) is 4.98 Å². The second-order valence-electron chi connectivity index (χ2n) is 5.78. The Morgan fingerprint density at radius 2 is 1.94 bits per heavy atom. The molecule has 92 valence electrons. The lowest BCUT2D eigenvalue weighted by atomic mass is 9.94. The summed E-state index contributed by atoms with van der Waals surface area (Å²) in [5.74, 6) is 2.54. The van der Waals surface area contributed by atoms with Crippen LogP contribution in [0.4, 0.5) is 0 Å². The monoisotopic (exact) mass is 238 g/mol. The van der Waals surface area contributed by atoms with Crippen molar-refractivity contribution in [1.29, 1.82) is 0 Å². The van der Waals surface area contributed by atoms with Gasteiger partial charge in [0.15, 0.2) is 0 Å². The molecule has 1 aromatic carbocycles. The standard InChI is InChI=1S/C16H18N2/c17-16(15-11-4-1-5-12(11)15)13-6-2-8-14-10(13)7-3-9-18-14/h2-3,6-9,11-12,15-16H,1,4-5,17H2. The van der Waals surface area contributed by atoms with Gasteiger partial charge in [-0.25, -0.2) is 0 Å². The molecule has 4 rings (SSSR count). The van der Waals surface area contributed by atoms with Crippen molar-refractivity contribution in [2.45, 2.75) is 25.3 Å². The first kappa shape index (κ1) is 10.5. The highest BCUT2D eigenvalue weighted by Gasteiger charge is 2.55. The number of rotatable bonds is 2. The fraction of sp³-hybridized carbons (Fsp3) is 0.438. The molecule has 1 aromatic heterocycles. The first-order chi connectivity index (χ1) is 8.86. The number of fused-ring (bicyclic) bond motifs is 2. The van der Waals surface area contributed by atoms with Crippen LogP contribution in [0.25, 0.3) is 10.9 Å². The molecule has 2 aliphatic carbocycles. The number of benzene rings is 1. The zero-order valence-electron chi connectivity index (χ0n) is 10.4. The number of nitrogens with two attached hydrogens (primary N) is 1. The van der Waals surface area contributed by atoms with Crippen LogP contribution in [-0.2, 0) is 0 Å². The number of hydrogen-bond acceptors (Lipinski definition) is 2. The third-order valence-corrected chi connectivity index (χ3v) is 4.93. The highest BCUT2D eigenvalue weighted by atomic mass is 14.8. The lowest BCUT2D eigenvalue weighted by molar-refractivity contribution is 0.504. The van der Waals surface area contributed by atoms with E-state index in [2.05, 4.69) is 29.2 Å². The normalized spacial score (nSPS) is 31.3. The van der Waals surface area contributed by atoms with Crippen molar-refractivity contribution in [3.05, 3.63) is 42.1 Å². The van der Waals surface area contributed by atoms with E-state index in [1.807, 2.05) is 12.3 Å². The zero-order valence-corrected chi connectivity index (χ0v) is 10.4. The van der Waals surface area contributed by atoms with Crippen molar-refractivity contribution in [3.63, 3.8) is 0 Å². The van der Waals surface area contributed by atoms with E-state index in [1.54, 1.807) is 0 Å². The zero-order chi connectivity index (χ0) is 12.1. The second-order valence-corrected chi connectivity index (χ2v) is 5.78. The summed E-state index contributed by atoms with van der Waals surface area (Å²) in [4.78, 5) is 4.42. The van der Waals surface area contributed by atoms with Gasteiger partial charge < -0.3 is 5.73 Å². The highest BCUT2D eigenvalue weighted by Crippen LogP contribution is 2.61. The van der Waals surface area contributed by atoms with E-state index < -0.39 is 0 Å². The Labute approximate surface area is 107 Å². The fourth-order valence-corrected chi connectivity index (χ4v) is 4.03. The minimum Gasteiger partial charge on any atom is -0.324 e. The van der Waals surface area contributed by atoms with Crippen LogP contribution in [0.1, 0.15) is 30.9 Å². The first-order valence-corrected chi connectivity index (χ1v) is 6.95. The van der Waals surface area contributed by atoms with E-state index in [0.717, 1.165) is 23.3 Å². The Morgan fingerprint density at radius 3 is 2.78 bits per heavy atom. The van der Waals surface area contributed by atoms with Gasteiger partial charge in [0, 0.05) is 17.6 Å². The molecule has 2 aromatic rings. The molecule has 0 aliphatic heterocycles. The topological polar surface area (TPSA) is 38.9 Å². The predicted octanol–water partition coefficient (Wildman–Crippen LogP) is 3.28. The Balaban J connectivity index is 1.74. The third kappa shape index (κ3) is 1.42. The molecule has 3 atom stereocenters. The van der Waals surface area contributed by atoms with Gasteiger partial charge in [0.2, 0.25) is 0 Å². The SMILES string of the molecule is NC(c1cccc2ncccc12)C1C2CCCC21. The van der Waals surface area contributed by atoms with Crippen LogP contribution in [0.3, 0.4) is 0 Å². The molecule has 18 heavy (non-hydrogen) atoms. The maximum atomic E-state index is 6.53. The van der Waals surface area contributed by atoms with E-state index in [0.29, 0.717) is 0 Å². The smallest absolute Gasteiger partial charge is 0.0705 e. The maximum absolute atomic E-state index is 6.53. The van der Waals surface area contributed by atoms with Crippen LogP contribution in [0.5, 0.6) is 0 Å². The average Bonchev–Trinajstić information content (AvgIpc) is 2.90. The van der Waals surface area contributed by atoms with Gasteiger partial charge in [0.25, 0.3) is 0 Å². The summed E-state index contributed by atoms with van der Waals surface area (Å²) in [7, 11) is 0. The van der Waals surface area contributed by atoms with Crippen molar-refractivity contribution >= 4 is 10.9 Å². The Hall–Kier alpha value is -1.41. The van der Waals surface area contributed by atoms with E-state index in [1.165, 1.54) is 30.2 Å². The van der Waals surface area contributed by atoms with Crippen LogP contribution in [0, 0.1) is 17.8 Å². The summed E-state index contributed by atoms with van der Waals surface area (Å²) in [5.41, 5.74) is 8.89. The van der Waals surface area contributed by atoms with Crippen LogP contribution < -0.4 is 5.73 Å². The minimum absolute atomic E-state index is 0.202. The second kappa shape index (κ2) is 3.79. The summed E-state index contributed by atoms with van der Waals surface area (Å²) in [6.07, 6.45) is 6.05. The van der Waals surface area contributed by atoms with Crippen LogP contribution in [0.2, 0.25) is 0 Å². The Kier molecular flexibility index (Phi) is 2.21. The van der Waals surface area contributed by atoms with Gasteiger partial charge in [-0.1, -0.05) is 24.6 Å². The predicted molar refractivity (Wildman–Crippen MR) is 73.0 cm³/mol. The molecule has 2 nitrogen and oxygen atoms in total. The number of nitrogens with zero attached hydrogens (tertiary/aromatic N) is 1. The van der Waals surface area contributed by atoms with Gasteiger partial charge in [-0.2, -0.15) is 0 Å². The molecule has 0 spiro atoms. The van der Waals surface area contributed by atoms with Gasteiger partial charge >= 0.3 is 0 Å². The molecular weight excluding hydrogens is 220 g/mol. The van der Waals surface area contributed by atoms with Gasteiger partial charge in [-0.15, -0.1) is 0 Å². The summed E-state index contributed by atoms with van der Waals surface area (Å²) in [6, 6.07) is 10.7. The molecule has 1 heterocycles. The Bertz CT molecular complexity index is 577. The fourth-order valence-electron chi connectivity index (χ4n) is 4.03. The highest BCUT2D eigenvalue weighted by molar-refractivity contribution is 5.82. The summed E-state index contributed by atoms with van der Waals surface area (Å²) < 4.78 is 0. The summed E-state index contributed by atoms with van der Waals surface area (Å²) in [6.45, 7) is 0. The van der Waals surface area contributed by atoms with Gasteiger partial charge in [0.05, 0.1) is 5.52 Å². The van der Waals surface area contributed by atoms with Crippen LogP contribution in [0.15, 0.2) is 36.5 Å². The number of pyridine rings is 1. The molecule has 0 bridgehead atoms. The van der Waals surface area contributed by atoms with Gasteiger partial charge in [-0.05, 0) is 48.3 Å². The molecule has 2 N–H and O–H groups in total. The maximum Gasteiger partial charge on any atom is 0.0705 e. The van der Waals surface area contributed by atoms with Crippen molar-refractivity contribution in [2.24, 2.45) is 23.5 Å². The third-order valence-electron chi connectivity index (χ3n) is 4.93.